The van der Waals surface area contributed by atoms with Crippen LogP contribution in [0, 0.1) is 0 Å². The van der Waals surface area contributed by atoms with Crippen molar-refractivity contribution in [3.8, 4) is 0 Å². The van der Waals surface area contributed by atoms with Crippen LogP contribution in [0.1, 0.15) is 20.3 Å². The van der Waals surface area contributed by atoms with Crippen molar-refractivity contribution in [2.24, 2.45) is 0 Å². The van der Waals surface area contributed by atoms with Crippen molar-refractivity contribution in [2.75, 3.05) is 0 Å². The summed E-state index contributed by atoms with van der Waals surface area (Å²) in [6, 6.07) is -0.389. The Morgan fingerprint density at radius 3 is 2.50 bits per heavy atom. The number of nitrogens with one attached hydrogen (secondary N) is 1. The summed E-state index contributed by atoms with van der Waals surface area (Å²) in [5.74, 6) is -0.231. The van der Waals surface area contributed by atoms with Crippen LogP contribution in [-0.2, 0) is 4.79 Å². The third-order valence-electron chi connectivity index (χ3n) is 2.18. The molecule has 0 spiro atoms. The first-order valence-electron chi connectivity index (χ1n) is 3.83. The monoisotopic (exact) mass is 168 g/mol. The highest BCUT2D eigenvalue weighted by Gasteiger charge is 2.45. The van der Waals surface area contributed by atoms with E-state index in [1.807, 2.05) is 6.92 Å². The molecule has 1 saturated heterocycles. The summed E-state index contributed by atoms with van der Waals surface area (Å²) in [6.45, 7) is 6.94. The van der Waals surface area contributed by atoms with Crippen molar-refractivity contribution in [3.05, 3.63) is 12.8 Å². The van der Waals surface area contributed by atoms with Gasteiger partial charge in [-0.1, -0.05) is 13.5 Å². The number of urea groups is 1. The van der Waals surface area contributed by atoms with Crippen LogP contribution in [0.2, 0.25) is 0 Å². The number of hydrogen-bond acceptors (Lipinski definition) is 2. The summed E-state index contributed by atoms with van der Waals surface area (Å²) < 4.78 is 0. The van der Waals surface area contributed by atoms with Crippen LogP contribution in [0.25, 0.3) is 0 Å². The van der Waals surface area contributed by atoms with E-state index >= 15 is 0 Å². The fourth-order valence-electron chi connectivity index (χ4n) is 1.11. The van der Waals surface area contributed by atoms with Gasteiger partial charge in [0.2, 0.25) is 0 Å². The van der Waals surface area contributed by atoms with Gasteiger partial charge in [0.15, 0.2) is 0 Å². The second-order valence-corrected chi connectivity index (χ2v) is 2.97. The Balaban J connectivity index is 2.96. The molecular weight excluding hydrogens is 156 g/mol. The van der Waals surface area contributed by atoms with Crippen LogP contribution in [0.3, 0.4) is 0 Å². The molecule has 12 heavy (non-hydrogen) atoms. The van der Waals surface area contributed by atoms with Gasteiger partial charge >= 0.3 is 6.03 Å². The van der Waals surface area contributed by atoms with Crippen LogP contribution in [0.4, 0.5) is 4.79 Å². The van der Waals surface area contributed by atoms with Crippen LogP contribution in [-0.4, -0.2) is 22.4 Å². The first-order valence-corrected chi connectivity index (χ1v) is 3.83. The zero-order chi connectivity index (χ0) is 9.35. The SMILES string of the molecule is C=CN1C(=O)NC(C)(CC)C1=O. The van der Waals surface area contributed by atoms with E-state index in [0.29, 0.717) is 6.42 Å². The van der Waals surface area contributed by atoms with E-state index in [0.717, 1.165) is 4.90 Å². The van der Waals surface area contributed by atoms with Crippen molar-refractivity contribution in [3.63, 3.8) is 0 Å². The molecule has 4 nitrogen and oxygen atoms in total. The molecule has 1 aliphatic rings. The van der Waals surface area contributed by atoms with Gasteiger partial charge in [-0.05, 0) is 13.3 Å². The van der Waals surface area contributed by atoms with Gasteiger partial charge < -0.3 is 5.32 Å². The third-order valence-corrected chi connectivity index (χ3v) is 2.18. The number of carbonyl (C=O) groups is 2. The van der Waals surface area contributed by atoms with Crippen molar-refractivity contribution < 1.29 is 9.59 Å². The summed E-state index contributed by atoms with van der Waals surface area (Å²) >= 11 is 0. The Labute approximate surface area is 71.2 Å². The number of hydrogen-bond donors (Lipinski definition) is 1. The lowest BCUT2D eigenvalue weighted by Gasteiger charge is -2.17. The van der Waals surface area contributed by atoms with Crippen LogP contribution < -0.4 is 5.32 Å². The number of carbonyl (C=O) groups excluding carboxylic acids is 2. The molecule has 1 atom stereocenters. The van der Waals surface area contributed by atoms with E-state index in [9.17, 15) is 9.59 Å². The molecule has 0 aromatic rings. The molecule has 1 N–H and O–H groups in total. The molecule has 0 aromatic heterocycles. The van der Waals surface area contributed by atoms with Crippen molar-refractivity contribution in [1.29, 1.82) is 0 Å². The van der Waals surface area contributed by atoms with E-state index in [-0.39, 0.29) is 11.9 Å². The van der Waals surface area contributed by atoms with E-state index in [1.165, 1.54) is 6.20 Å². The molecule has 0 bridgehead atoms. The van der Waals surface area contributed by atoms with Gasteiger partial charge in [0.05, 0.1) is 0 Å². The zero-order valence-electron chi connectivity index (χ0n) is 7.26. The van der Waals surface area contributed by atoms with E-state index < -0.39 is 5.54 Å². The quantitative estimate of drug-likeness (QED) is 0.621. The predicted octanol–water partition coefficient (Wildman–Crippen LogP) is 0.850. The summed E-state index contributed by atoms with van der Waals surface area (Å²) in [5, 5.41) is 2.60. The molecule has 0 aliphatic carbocycles. The first kappa shape index (κ1) is 8.77. The Bertz CT molecular complexity index is 249. The van der Waals surface area contributed by atoms with Crippen molar-refractivity contribution in [1.82, 2.24) is 10.2 Å². The molecule has 3 amide bonds. The minimum absolute atomic E-state index is 0.231. The minimum Gasteiger partial charge on any atom is -0.323 e. The molecule has 0 saturated carbocycles. The number of nitrogens with zero attached hydrogens (tertiary/aromatic N) is 1. The molecule has 1 fully saturated rings. The Kier molecular flexibility index (Phi) is 1.92. The second kappa shape index (κ2) is 2.62. The lowest BCUT2D eigenvalue weighted by molar-refractivity contribution is -0.129. The Hall–Kier alpha value is -1.32. The van der Waals surface area contributed by atoms with Crippen LogP contribution in [0.5, 0.6) is 0 Å². The van der Waals surface area contributed by atoms with E-state index in [4.69, 9.17) is 0 Å². The first-order chi connectivity index (χ1) is 5.55. The average Bonchev–Trinajstić information content (AvgIpc) is 2.25. The maximum absolute atomic E-state index is 11.5. The molecule has 0 aromatic carbocycles. The number of rotatable bonds is 2. The van der Waals surface area contributed by atoms with E-state index in [1.54, 1.807) is 6.92 Å². The molecule has 4 heteroatoms. The topological polar surface area (TPSA) is 49.4 Å². The minimum atomic E-state index is -0.745. The highest BCUT2D eigenvalue weighted by Crippen LogP contribution is 2.20. The van der Waals surface area contributed by atoms with Gasteiger partial charge in [0.25, 0.3) is 5.91 Å². The van der Waals surface area contributed by atoms with Gasteiger partial charge in [0.1, 0.15) is 5.54 Å². The molecule has 66 valence electrons. The van der Waals surface area contributed by atoms with Gasteiger partial charge in [-0.15, -0.1) is 0 Å². The summed E-state index contributed by atoms with van der Waals surface area (Å²) in [4.78, 5) is 23.6. The largest absolute Gasteiger partial charge is 0.329 e. The standard InChI is InChI=1S/C8H12N2O2/c1-4-8(3)6(11)10(5-2)7(12)9-8/h5H,2,4H2,1,3H3,(H,9,12). The highest BCUT2D eigenvalue weighted by atomic mass is 16.2. The highest BCUT2D eigenvalue weighted by molar-refractivity contribution is 6.07. The summed E-state index contributed by atoms with van der Waals surface area (Å²) in [5.41, 5.74) is -0.745. The zero-order valence-corrected chi connectivity index (χ0v) is 7.26. The van der Waals surface area contributed by atoms with Gasteiger partial charge in [-0.3, -0.25) is 4.79 Å². The van der Waals surface area contributed by atoms with Crippen LogP contribution >= 0.6 is 0 Å². The maximum atomic E-state index is 11.5. The number of imide groups is 1. The molecule has 1 unspecified atom stereocenters. The number of amides is 3. The lowest BCUT2D eigenvalue weighted by Crippen LogP contribution is -2.42. The van der Waals surface area contributed by atoms with Gasteiger partial charge in [-0.25, -0.2) is 9.69 Å². The molecule has 1 aliphatic heterocycles. The average molecular weight is 168 g/mol. The third kappa shape index (κ3) is 0.995. The smallest absolute Gasteiger partial charge is 0.323 e. The molecular formula is C8H12N2O2. The maximum Gasteiger partial charge on any atom is 0.329 e. The molecule has 0 radical (unpaired) electrons. The summed E-state index contributed by atoms with van der Waals surface area (Å²) in [7, 11) is 0. The second-order valence-electron chi connectivity index (χ2n) is 2.97. The Morgan fingerprint density at radius 1 is 1.67 bits per heavy atom. The van der Waals surface area contributed by atoms with Gasteiger partial charge in [0, 0.05) is 6.20 Å². The molecule has 1 heterocycles. The molecule has 1 rings (SSSR count). The lowest BCUT2D eigenvalue weighted by atomic mass is 10.00. The van der Waals surface area contributed by atoms with Crippen molar-refractivity contribution in [2.45, 2.75) is 25.8 Å². The normalized spacial score (nSPS) is 29.0. The van der Waals surface area contributed by atoms with Crippen molar-refractivity contribution >= 4 is 11.9 Å². The fraction of sp³-hybridized carbons (Fsp3) is 0.500. The van der Waals surface area contributed by atoms with Crippen LogP contribution in [0.15, 0.2) is 12.8 Å². The predicted molar refractivity (Wildman–Crippen MR) is 44.3 cm³/mol. The fourth-order valence-corrected chi connectivity index (χ4v) is 1.11. The van der Waals surface area contributed by atoms with E-state index in [2.05, 4.69) is 11.9 Å². The Morgan fingerprint density at radius 2 is 2.25 bits per heavy atom. The summed E-state index contributed by atoms with van der Waals surface area (Å²) in [6.07, 6.45) is 1.82. The van der Waals surface area contributed by atoms with Gasteiger partial charge in [-0.2, -0.15) is 0 Å².